The average Bonchev–Trinajstić information content (AvgIpc) is 2.51. The van der Waals surface area contributed by atoms with E-state index in [2.05, 4.69) is 10.3 Å². The van der Waals surface area contributed by atoms with E-state index in [1.165, 1.54) is 0 Å². The van der Waals surface area contributed by atoms with Crippen LogP contribution in [0.4, 0.5) is 5.69 Å². The van der Waals surface area contributed by atoms with Crippen LogP contribution in [0.3, 0.4) is 0 Å². The van der Waals surface area contributed by atoms with Crippen LogP contribution in [0, 0.1) is 0 Å². The van der Waals surface area contributed by atoms with Crippen LogP contribution in [0.5, 0.6) is 0 Å². The number of benzene rings is 1. The molecule has 0 bridgehead atoms. The molecule has 0 radical (unpaired) electrons. The molecular formula is C15H23N5O3. The number of hydrogen-bond acceptors (Lipinski definition) is 5. The lowest BCUT2D eigenvalue weighted by atomic mass is 10.1. The molecule has 126 valence electrons. The van der Waals surface area contributed by atoms with Gasteiger partial charge in [0.1, 0.15) is 0 Å². The first-order valence-corrected chi connectivity index (χ1v) is 7.33. The zero-order valence-corrected chi connectivity index (χ0v) is 13.1. The highest BCUT2D eigenvalue weighted by Gasteiger charge is 2.17. The summed E-state index contributed by atoms with van der Waals surface area (Å²) in [5.41, 5.74) is 16.9. The van der Waals surface area contributed by atoms with Crippen LogP contribution in [0.25, 0.3) is 0 Å². The van der Waals surface area contributed by atoms with Gasteiger partial charge in [-0.05, 0) is 31.9 Å². The number of carbonyl (C=O) groups excluding carboxylic acids is 2. The number of para-hydroxylation sites is 1. The number of amides is 1. The van der Waals surface area contributed by atoms with Gasteiger partial charge in [0, 0.05) is 6.54 Å². The maximum atomic E-state index is 12.1. The molecule has 0 aliphatic carbocycles. The minimum absolute atomic E-state index is 0.00591. The molecule has 1 amide bonds. The minimum atomic E-state index is -0.723. The van der Waals surface area contributed by atoms with Gasteiger partial charge in [-0.2, -0.15) is 0 Å². The van der Waals surface area contributed by atoms with Crippen LogP contribution in [-0.4, -0.2) is 37.0 Å². The average molecular weight is 321 g/mol. The molecule has 1 rings (SSSR count). The van der Waals surface area contributed by atoms with E-state index in [1.54, 1.807) is 31.2 Å². The number of aliphatic imine (C=N–C) groups is 1. The highest BCUT2D eigenvalue weighted by Crippen LogP contribution is 2.16. The summed E-state index contributed by atoms with van der Waals surface area (Å²) in [5, 5.41) is 2.65. The summed E-state index contributed by atoms with van der Waals surface area (Å²) in [6, 6.07) is 5.88. The topological polar surface area (TPSA) is 146 Å². The number of nitrogens with two attached hydrogens (primary N) is 3. The Kier molecular flexibility index (Phi) is 7.55. The predicted octanol–water partition coefficient (Wildman–Crippen LogP) is 0.183. The zero-order valence-electron chi connectivity index (χ0n) is 13.1. The van der Waals surface area contributed by atoms with Crippen molar-refractivity contribution in [2.75, 3.05) is 18.5 Å². The van der Waals surface area contributed by atoms with E-state index in [9.17, 15) is 9.59 Å². The Morgan fingerprint density at radius 3 is 2.65 bits per heavy atom. The van der Waals surface area contributed by atoms with Gasteiger partial charge in [-0.25, -0.2) is 4.79 Å². The predicted molar refractivity (Wildman–Crippen MR) is 88.9 cm³/mol. The summed E-state index contributed by atoms with van der Waals surface area (Å²) in [7, 11) is 0. The van der Waals surface area contributed by atoms with Gasteiger partial charge < -0.3 is 27.3 Å². The van der Waals surface area contributed by atoms with Crippen LogP contribution >= 0.6 is 0 Å². The van der Waals surface area contributed by atoms with Gasteiger partial charge in [0.15, 0.2) is 5.96 Å². The second-order valence-corrected chi connectivity index (χ2v) is 4.81. The molecule has 1 aromatic carbocycles. The number of guanidine groups is 1. The summed E-state index contributed by atoms with van der Waals surface area (Å²) in [4.78, 5) is 27.8. The fraction of sp³-hybridized carbons (Fsp3) is 0.400. The Morgan fingerprint density at radius 2 is 2.00 bits per heavy atom. The van der Waals surface area contributed by atoms with Crippen LogP contribution in [0.1, 0.15) is 30.1 Å². The van der Waals surface area contributed by atoms with Crippen molar-refractivity contribution in [1.29, 1.82) is 0 Å². The second-order valence-electron chi connectivity index (χ2n) is 4.81. The maximum absolute atomic E-state index is 12.1. The Bertz CT molecular complexity index is 570. The van der Waals surface area contributed by atoms with Crippen LogP contribution in [-0.2, 0) is 9.53 Å². The number of nitrogens with zero attached hydrogens (tertiary/aromatic N) is 1. The Morgan fingerprint density at radius 1 is 1.30 bits per heavy atom. The third kappa shape index (κ3) is 6.35. The third-order valence-corrected chi connectivity index (χ3v) is 2.98. The molecule has 23 heavy (non-hydrogen) atoms. The molecule has 0 fully saturated rings. The van der Waals surface area contributed by atoms with E-state index in [1.807, 2.05) is 0 Å². The van der Waals surface area contributed by atoms with Crippen molar-refractivity contribution >= 4 is 23.5 Å². The first kappa shape index (κ1) is 18.4. The Labute approximate surface area is 135 Å². The number of anilines is 1. The molecule has 0 unspecified atom stereocenters. The molecule has 0 spiro atoms. The maximum Gasteiger partial charge on any atom is 0.340 e. The number of ether oxygens (including phenoxy) is 1. The van der Waals surface area contributed by atoms with E-state index >= 15 is 0 Å². The minimum Gasteiger partial charge on any atom is -0.462 e. The molecule has 0 aliphatic rings. The van der Waals surface area contributed by atoms with Gasteiger partial charge in [0.05, 0.1) is 23.9 Å². The molecule has 8 nitrogen and oxygen atoms in total. The van der Waals surface area contributed by atoms with Crippen molar-refractivity contribution in [2.24, 2.45) is 22.2 Å². The van der Waals surface area contributed by atoms with Crippen LogP contribution in [0.15, 0.2) is 29.3 Å². The molecule has 1 aromatic rings. The molecule has 7 N–H and O–H groups in total. The first-order valence-electron chi connectivity index (χ1n) is 7.33. The van der Waals surface area contributed by atoms with Crippen LogP contribution < -0.4 is 22.5 Å². The van der Waals surface area contributed by atoms with Gasteiger partial charge in [-0.3, -0.25) is 9.79 Å². The molecule has 0 saturated carbocycles. The van der Waals surface area contributed by atoms with Gasteiger partial charge in [-0.1, -0.05) is 12.1 Å². The summed E-state index contributed by atoms with van der Waals surface area (Å²) in [6.07, 6.45) is 0.996. The third-order valence-electron chi connectivity index (χ3n) is 2.98. The number of nitrogens with one attached hydrogen (secondary N) is 1. The SMILES string of the molecule is CCOC(=O)c1ccccc1NC(=O)[C@@H](N)CCCN=C(N)N. The normalized spacial score (nSPS) is 11.4. The van der Waals surface area contributed by atoms with E-state index in [0.29, 0.717) is 25.1 Å². The number of carbonyl (C=O) groups is 2. The van der Waals surface area contributed by atoms with Crippen molar-refractivity contribution in [2.45, 2.75) is 25.8 Å². The molecule has 0 saturated heterocycles. The van der Waals surface area contributed by atoms with E-state index in [4.69, 9.17) is 21.9 Å². The smallest absolute Gasteiger partial charge is 0.340 e. The van der Waals surface area contributed by atoms with E-state index in [0.717, 1.165) is 0 Å². The van der Waals surface area contributed by atoms with Crippen LogP contribution in [0.2, 0.25) is 0 Å². The van der Waals surface area contributed by atoms with Gasteiger partial charge in [-0.15, -0.1) is 0 Å². The number of hydrogen-bond donors (Lipinski definition) is 4. The molecular weight excluding hydrogens is 298 g/mol. The molecule has 0 aliphatic heterocycles. The van der Waals surface area contributed by atoms with Crippen molar-refractivity contribution in [3.05, 3.63) is 29.8 Å². The summed E-state index contributed by atoms with van der Waals surface area (Å²) >= 11 is 0. The van der Waals surface area contributed by atoms with Crippen molar-refractivity contribution in [3.8, 4) is 0 Å². The highest BCUT2D eigenvalue weighted by atomic mass is 16.5. The fourth-order valence-electron chi connectivity index (χ4n) is 1.85. The molecule has 8 heteroatoms. The highest BCUT2D eigenvalue weighted by molar-refractivity contribution is 6.02. The molecule has 0 heterocycles. The van der Waals surface area contributed by atoms with E-state index in [-0.39, 0.29) is 24.0 Å². The van der Waals surface area contributed by atoms with Crippen molar-refractivity contribution in [1.82, 2.24) is 0 Å². The lowest BCUT2D eigenvalue weighted by molar-refractivity contribution is -0.117. The monoisotopic (exact) mass is 321 g/mol. The molecule has 0 aromatic heterocycles. The van der Waals surface area contributed by atoms with E-state index < -0.39 is 12.0 Å². The van der Waals surface area contributed by atoms with Crippen molar-refractivity contribution < 1.29 is 14.3 Å². The summed E-state index contributed by atoms with van der Waals surface area (Å²) < 4.78 is 4.95. The first-order chi connectivity index (χ1) is 11.0. The Balaban J connectivity index is 2.63. The Hall–Kier alpha value is -2.61. The zero-order chi connectivity index (χ0) is 17.2. The summed E-state index contributed by atoms with van der Waals surface area (Å²) in [6.45, 7) is 2.37. The standard InChI is InChI=1S/C15H23N5O3/c1-2-23-14(22)10-6-3-4-8-12(10)20-13(21)11(16)7-5-9-19-15(17)18/h3-4,6,8,11H,2,5,7,9,16H2,1H3,(H,20,21)(H4,17,18,19)/t11-/m0/s1. The lowest BCUT2D eigenvalue weighted by Crippen LogP contribution is -2.36. The van der Waals surface area contributed by atoms with Crippen molar-refractivity contribution in [3.63, 3.8) is 0 Å². The number of esters is 1. The fourth-order valence-corrected chi connectivity index (χ4v) is 1.85. The second kappa shape index (κ2) is 9.42. The van der Waals surface area contributed by atoms with Gasteiger partial charge in [0.25, 0.3) is 0 Å². The largest absolute Gasteiger partial charge is 0.462 e. The lowest BCUT2D eigenvalue weighted by Gasteiger charge is -2.14. The number of rotatable bonds is 8. The molecule has 1 atom stereocenters. The quantitative estimate of drug-likeness (QED) is 0.232. The van der Waals surface area contributed by atoms with Gasteiger partial charge in [0.2, 0.25) is 5.91 Å². The van der Waals surface area contributed by atoms with Gasteiger partial charge >= 0.3 is 5.97 Å². The summed E-state index contributed by atoms with van der Waals surface area (Å²) in [5.74, 6) is -0.873.